The van der Waals surface area contributed by atoms with Crippen molar-refractivity contribution in [1.29, 1.82) is 0 Å². The molecule has 0 aliphatic carbocycles. The zero-order chi connectivity index (χ0) is 46.2. The molecule has 332 valence electrons. The fourth-order valence-corrected chi connectivity index (χ4v) is 9.40. The lowest BCUT2D eigenvalue weighted by atomic mass is 10.1. The molecule has 11 nitrogen and oxygen atoms in total. The number of nitrogens with zero attached hydrogens (tertiary/aromatic N) is 2. The third-order valence-corrected chi connectivity index (χ3v) is 12.8. The Bertz CT molecular complexity index is 2950. The SMILES string of the molecule is O=C(CC(Sc1cccc(NC(=O)c2cccc(Nc3ccccn3)c2)c1)c1ccccc1)OC(=O)CC(Sc1ccccc1NC(=O)c1cccc(Nc2ccccn2)c1)c1ccccc1. The summed E-state index contributed by atoms with van der Waals surface area (Å²) in [4.78, 5) is 64.5. The first-order valence-electron chi connectivity index (χ1n) is 21.4. The first-order valence-corrected chi connectivity index (χ1v) is 23.1. The van der Waals surface area contributed by atoms with Crippen LogP contribution < -0.4 is 21.3 Å². The summed E-state index contributed by atoms with van der Waals surface area (Å²) in [6, 6.07) is 59.3. The molecule has 2 unspecified atom stereocenters. The molecular formula is C54H44N6O5S2. The smallest absolute Gasteiger partial charge is 0.314 e. The molecule has 0 radical (unpaired) electrons. The van der Waals surface area contributed by atoms with Crippen LogP contribution in [0.2, 0.25) is 0 Å². The average Bonchev–Trinajstić information content (AvgIpc) is 3.35. The predicted octanol–water partition coefficient (Wildman–Crippen LogP) is 12.7. The van der Waals surface area contributed by atoms with Crippen LogP contribution in [0.5, 0.6) is 0 Å². The van der Waals surface area contributed by atoms with Crippen molar-refractivity contribution >= 4 is 81.7 Å². The Morgan fingerprint density at radius 1 is 0.463 bits per heavy atom. The molecule has 8 rings (SSSR count). The van der Waals surface area contributed by atoms with Crippen molar-refractivity contribution in [2.24, 2.45) is 0 Å². The molecular weight excluding hydrogens is 877 g/mol. The number of hydrogen-bond acceptors (Lipinski definition) is 11. The van der Waals surface area contributed by atoms with Gasteiger partial charge in [0.25, 0.3) is 11.8 Å². The van der Waals surface area contributed by atoms with Crippen molar-refractivity contribution < 1.29 is 23.9 Å². The monoisotopic (exact) mass is 920 g/mol. The number of thioether (sulfide) groups is 2. The van der Waals surface area contributed by atoms with E-state index in [0.717, 1.165) is 26.6 Å². The lowest BCUT2D eigenvalue weighted by Gasteiger charge is -2.19. The van der Waals surface area contributed by atoms with Crippen LogP contribution in [0, 0.1) is 0 Å². The number of amides is 2. The van der Waals surface area contributed by atoms with Gasteiger partial charge in [0.05, 0.1) is 18.5 Å². The van der Waals surface area contributed by atoms with Gasteiger partial charge in [-0.15, -0.1) is 23.5 Å². The molecule has 0 fully saturated rings. The quantitative estimate of drug-likeness (QED) is 0.0370. The summed E-state index contributed by atoms with van der Waals surface area (Å²) >= 11 is 2.83. The molecule has 2 aromatic heterocycles. The van der Waals surface area contributed by atoms with Gasteiger partial charge in [-0.25, -0.2) is 9.97 Å². The van der Waals surface area contributed by atoms with E-state index in [4.69, 9.17) is 4.74 Å². The number of carbonyl (C=O) groups is 4. The van der Waals surface area contributed by atoms with Crippen molar-refractivity contribution in [3.63, 3.8) is 0 Å². The fraction of sp³-hybridized carbons (Fsp3) is 0.0741. The Labute approximate surface area is 396 Å². The van der Waals surface area contributed by atoms with Gasteiger partial charge in [0.1, 0.15) is 11.6 Å². The van der Waals surface area contributed by atoms with E-state index >= 15 is 0 Å². The molecule has 2 amide bonds. The minimum atomic E-state index is -0.675. The van der Waals surface area contributed by atoms with E-state index in [2.05, 4.69) is 31.2 Å². The summed E-state index contributed by atoms with van der Waals surface area (Å²) in [5.74, 6) is -0.618. The van der Waals surface area contributed by atoms with Crippen molar-refractivity contribution in [1.82, 2.24) is 9.97 Å². The zero-order valence-corrected chi connectivity index (χ0v) is 37.6. The van der Waals surface area contributed by atoms with E-state index in [-0.39, 0.29) is 24.7 Å². The molecule has 13 heteroatoms. The van der Waals surface area contributed by atoms with Gasteiger partial charge in [0.15, 0.2) is 0 Å². The molecule has 8 aromatic rings. The molecule has 0 spiro atoms. The highest BCUT2D eigenvalue weighted by molar-refractivity contribution is 8.00. The van der Waals surface area contributed by atoms with Gasteiger partial charge in [-0.05, 0) is 102 Å². The molecule has 0 aliphatic heterocycles. The lowest BCUT2D eigenvalue weighted by Crippen LogP contribution is -2.16. The first-order chi connectivity index (χ1) is 32.8. The van der Waals surface area contributed by atoms with Crippen molar-refractivity contribution in [2.45, 2.75) is 33.1 Å². The van der Waals surface area contributed by atoms with Crippen molar-refractivity contribution in [3.8, 4) is 0 Å². The van der Waals surface area contributed by atoms with E-state index in [1.807, 2.05) is 152 Å². The summed E-state index contributed by atoms with van der Waals surface area (Å²) in [6.07, 6.45) is 3.17. The number of hydrogen-bond donors (Lipinski definition) is 4. The van der Waals surface area contributed by atoms with E-state index in [9.17, 15) is 19.2 Å². The Balaban J connectivity index is 0.917. The second kappa shape index (κ2) is 22.8. The van der Waals surface area contributed by atoms with Crippen molar-refractivity contribution in [3.05, 3.63) is 229 Å². The number of anilines is 6. The Hall–Kier alpha value is -8.00. The molecule has 0 saturated carbocycles. The van der Waals surface area contributed by atoms with Crippen LogP contribution in [-0.2, 0) is 14.3 Å². The van der Waals surface area contributed by atoms with Gasteiger partial charge in [0, 0.05) is 60.9 Å². The number of pyridine rings is 2. The number of nitrogens with one attached hydrogen (secondary N) is 4. The number of esters is 2. The summed E-state index contributed by atoms with van der Waals surface area (Å²) in [6.45, 7) is 0. The Kier molecular flexibility index (Phi) is 15.5. The molecule has 2 heterocycles. The van der Waals surface area contributed by atoms with E-state index in [1.165, 1.54) is 23.5 Å². The second-order valence-corrected chi connectivity index (χ2v) is 17.6. The number of para-hydroxylation sites is 1. The van der Waals surface area contributed by atoms with Crippen LogP contribution in [0.1, 0.15) is 55.2 Å². The lowest BCUT2D eigenvalue weighted by molar-refractivity contribution is -0.159. The minimum Gasteiger partial charge on any atom is -0.393 e. The molecule has 0 bridgehead atoms. The Morgan fingerprint density at radius 3 is 1.52 bits per heavy atom. The maximum absolute atomic E-state index is 13.7. The summed E-state index contributed by atoms with van der Waals surface area (Å²) in [7, 11) is 0. The minimum absolute atomic E-state index is 0.0936. The molecule has 4 N–H and O–H groups in total. The Morgan fingerprint density at radius 2 is 0.955 bits per heavy atom. The van der Waals surface area contributed by atoms with Crippen LogP contribution in [0.15, 0.2) is 216 Å². The van der Waals surface area contributed by atoms with Crippen LogP contribution in [0.4, 0.5) is 34.4 Å². The number of carbonyl (C=O) groups excluding carboxylic acids is 4. The zero-order valence-electron chi connectivity index (χ0n) is 36.0. The maximum Gasteiger partial charge on any atom is 0.314 e. The average molecular weight is 921 g/mol. The van der Waals surface area contributed by atoms with Gasteiger partial charge in [0.2, 0.25) is 0 Å². The topological polar surface area (TPSA) is 151 Å². The second-order valence-electron chi connectivity index (χ2n) is 15.1. The molecule has 6 aromatic carbocycles. The molecule has 0 aliphatic rings. The van der Waals surface area contributed by atoms with E-state index < -0.39 is 22.4 Å². The van der Waals surface area contributed by atoms with Crippen molar-refractivity contribution in [2.75, 3.05) is 21.3 Å². The summed E-state index contributed by atoms with van der Waals surface area (Å²) < 4.78 is 5.56. The highest BCUT2D eigenvalue weighted by Crippen LogP contribution is 2.42. The standard InChI is InChI=1S/C54H44N6O5S2/c61-51(35-47(37-16-3-1-4-17-37)66-44-25-15-24-43(34-44)59-53(63)39-20-13-22-41(32-39)57-49-28-9-11-30-55-49)65-52(62)36-48(38-18-5-2-6-19-38)67-46-27-8-7-26-45(46)60-54(64)40-21-14-23-42(33-40)58-50-29-10-12-31-56-50/h1-34,47-48H,35-36H2,(H,55,57)(H,56,58)(H,59,63)(H,60,64). The highest BCUT2D eigenvalue weighted by atomic mass is 32.2. The van der Waals surface area contributed by atoms with Gasteiger partial charge < -0.3 is 26.0 Å². The van der Waals surface area contributed by atoms with Crippen LogP contribution >= 0.6 is 23.5 Å². The molecule has 0 saturated heterocycles. The number of rotatable bonds is 18. The first kappa shape index (κ1) is 45.6. The summed E-state index contributed by atoms with van der Waals surface area (Å²) in [5.41, 5.74) is 5.22. The van der Waals surface area contributed by atoms with Crippen LogP contribution in [0.25, 0.3) is 0 Å². The largest absolute Gasteiger partial charge is 0.393 e. The third-order valence-electron chi connectivity index (χ3n) is 10.2. The number of ether oxygens (including phenoxy) is 1. The molecule has 67 heavy (non-hydrogen) atoms. The van der Waals surface area contributed by atoms with Gasteiger partial charge in [-0.3, -0.25) is 19.2 Å². The number of benzene rings is 6. The number of aromatic nitrogens is 2. The van der Waals surface area contributed by atoms with Crippen LogP contribution in [0.3, 0.4) is 0 Å². The van der Waals surface area contributed by atoms with E-state index in [1.54, 1.807) is 54.9 Å². The summed E-state index contributed by atoms with van der Waals surface area (Å²) in [5, 5.41) is 11.6. The van der Waals surface area contributed by atoms with Gasteiger partial charge in [-0.2, -0.15) is 0 Å². The maximum atomic E-state index is 13.7. The van der Waals surface area contributed by atoms with E-state index in [0.29, 0.717) is 39.8 Å². The third kappa shape index (κ3) is 13.3. The van der Waals surface area contributed by atoms with Crippen LogP contribution in [-0.4, -0.2) is 33.7 Å². The highest BCUT2D eigenvalue weighted by Gasteiger charge is 2.25. The van der Waals surface area contributed by atoms with Gasteiger partial charge >= 0.3 is 11.9 Å². The van der Waals surface area contributed by atoms with Gasteiger partial charge in [-0.1, -0.05) is 103 Å². The predicted molar refractivity (Wildman–Crippen MR) is 267 cm³/mol. The normalized spacial score (nSPS) is 11.6. The fourth-order valence-electron chi connectivity index (χ4n) is 6.98. The molecule has 2 atom stereocenters.